The first-order chi connectivity index (χ1) is 10.0. The summed E-state index contributed by atoms with van der Waals surface area (Å²) in [5.41, 5.74) is 1.96. The molecule has 0 aromatic heterocycles. The zero-order valence-corrected chi connectivity index (χ0v) is 13.0. The highest BCUT2D eigenvalue weighted by Gasteiger charge is 2.14. The van der Waals surface area contributed by atoms with Gasteiger partial charge in [-0.25, -0.2) is 4.39 Å². The largest absolute Gasteiger partial charge is 0.457 e. The number of ether oxygens (including phenoxy) is 1. The van der Waals surface area contributed by atoms with Gasteiger partial charge in [-0.05, 0) is 49.7 Å². The van der Waals surface area contributed by atoms with Crippen molar-refractivity contribution in [3.05, 3.63) is 59.4 Å². The van der Waals surface area contributed by atoms with Crippen molar-refractivity contribution < 1.29 is 9.13 Å². The van der Waals surface area contributed by atoms with Crippen LogP contribution in [0.15, 0.2) is 42.5 Å². The molecule has 0 bridgehead atoms. The highest BCUT2D eigenvalue weighted by Crippen LogP contribution is 2.34. The molecule has 1 unspecified atom stereocenters. The van der Waals surface area contributed by atoms with Crippen LogP contribution in [0, 0.1) is 5.82 Å². The summed E-state index contributed by atoms with van der Waals surface area (Å²) in [5.74, 6) is 1.62. The lowest BCUT2D eigenvalue weighted by atomic mass is 10.0. The first kappa shape index (κ1) is 15.5. The molecule has 0 aliphatic rings. The number of benzene rings is 2. The van der Waals surface area contributed by atoms with Crippen LogP contribution in [0.3, 0.4) is 0 Å². The molecule has 112 valence electrons. The summed E-state index contributed by atoms with van der Waals surface area (Å²) in [6.45, 7) is 6.24. The zero-order valence-electron chi connectivity index (χ0n) is 13.0. The van der Waals surface area contributed by atoms with Gasteiger partial charge in [0.1, 0.15) is 17.3 Å². The molecule has 0 radical (unpaired) electrons. The van der Waals surface area contributed by atoms with Crippen LogP contribution in [0.2, 0.25) is 0 Å². The molecule has 0 fully saturated rings. The zero-order chi connectivity index (χ0) is 15.4. The Morgan fingerprint density at radius 3 is 2.29 bits per heavy atom. The normalized spacial score (nSPS) is 12.5. The van der Waals surface area contributed by atoms with Crippen LogP contribution in [0.1, 0.15) is 43.9 Å². The third-order valence-corrected chi connectivity index (χ3v) is 3.63. The Balaban J connectivity index is 2.40. The number of rotatable bonds is 5. The quantitative estimate of drug-likeness (QED) is 0.833. The maximum absolute atomic E-state index is 13.5. The molecule has 1 atom stereocenters. The van der Waals surface area contributed by atoms with E-state index in [1.807, 2.05) is 32.2 Å². The second-order valence-electron chi connectivity index (χ2n) is 5.49. The lowest BCUT2D eigenvalue weighted by Crippen LogP contribution is -2.13. The SMILES string of the molecule is CNC(C)c1cc(F)ccc1Oc1ccccc1C(C)C. The van der Waals surface area contributed by atoms with Gasteiger partial charge in [-0.1, -0.05) is 32.0 Å². The minimum Gasteiger partial charge on any atom is -0.457 e. The fourth-order valence-corrected chi connectivity index (χ4v) is 2.28. The van der Waals surface area contributed by atoms with Gasteiger partial charge in [-0.3, -0.25) is 0 Å². The van der Waals surface area contributed by atoms with Crippen LogP contribution in [-0.4, -0.2) is 7.05 Å². The molecule has 21 heavy (non-hydrogen) atoms. The van der Waals surface area contributed by atoms with E-state index >= 15 is 0 Å². The summed E-state index contributed by atoms with van der Waals surface area (Å²) in [4.78, 5) is 0. The number of halogens is 1. The maximum atomic E-state index is 13.5. The molecule has 0 amide bonds. The van der Waals surface area contributed by atoms with E-state index in [2.05, 4.69) is 25.2 Å². The van der Waals surface area contributed by atoms with Crippen molar-refractivity contribution in [2.24, 2.45) is 0 Å². The van der Waals surface area contributed by atoms with Gasteiger partial charge in [0.15, 0.2) is 0 Å². The maximum Gasteiger partial charge on any atom is 0.132 e. The van der Waals surface area contributed by atoms with E-state index in [9.17, 15) is 4.39 Å². The number of hydrogen-bond donors (Lipinski definition) is 1. The van der Waals surface area contributed by atoms with E-state index in [0.717, 1.165) is 16.9 Å². The van der Waals surface area contributed by atoms with Crippen LogP contribution >= 0.6 is 0 Å². The topological polar surface area (TPSA) is 21.3 Å². The van der Waals surface area contributed by atoms with E-state index in [1.165, 1.54) is 12.1 Å². The Morgan fingerprint density at radius 2 is 1.62 bits per heavy atom. The summed E-state index contributed by atoms with van der Waals surface area (Å²) >= 11 is 0. The van der Waals surface area contributed by atoms with E-state index in [-0.39, 0.29) is 11.9 Å². The van der Waals surface area contributed by atoms with Gasteiger partial charge in [-0.2, -0.15) is 0 Å². The van der Waals surface area contributed by atoms with Gasteiger partial charge in [0.05, 0.1) is 0 Å². The van der Waals surface area contributed by atoms with Gasteiger partial charge < -0.3 is 10.1 Å². The summed E-state index contributed by atoms with van der Waals surface area (Å²) in [6, 6.07) is 12.6. The highest BCUT2D eigenvalue weighted by atomic mass is 19.1. The molecule has 0 spiro atoms. The molecular weight excluding hydrogens is 265 g/mol. The Labute approximate surface area is 126 Å². The molecule has 0 aliphatic carbocycles. The number of nitrogens with one attached hydrogen (secondary N) is 1. The van der Waals surface area contributed by atoms with Gasteiger partial charge in [0, 0.05) is 11.6 Å². The molecule has 0 aliphatic heterocycles. The van der Waals surface area contributed by atoms with Crippen LogP contribution in [-0.2, 0) is 0 Å². The van der Waals surface area contributed by atoms with Crippen molar-refractivity contribution in [3.8, 4) is 11.5 Å². The van der Waals surface area contributed by atoms with Gasteiger partial charge in [0.25, 0.3) is 0 Å². The van der Waals surface area contributed by atoms with E-state index in [1.54, 1.807) is 6.07 Å². The number of para-hydroxylation sites is 1. The van der Waals surface area contributed by atoms with Crippen LogP contribution in [0.25, 0.3) is 0 Å². The fourth-order valence-electron chi connectivity index (χ4n) is 2.28. The average Bonchev–Trinajstić information content (AvgIpc) is 2.48. The molecule has 1 N–H and O–H groups in total. The number of hydrogen-bond acceptors (Lipinski definition) is 2. The Kier molecular flexibility index (Phi) is 4.97. The molecule has 2 rings (SSSR count). The van der Waals surface area contributed by atoms with Crippen molar-refractivity contribution in [2.75, 3.05) is 7.05 Å². The Bertz CT molecular complexity index is 610. The minimum absolute atomic E-state index is 0.0157. The van der Waals surface area contributed by atoms with E-state index < -0.39 is 0 Å². The molecule has 2 nitrogen and oxygen atoms in total. The average molecular weight is 287 g/mol. The van der Waals surface area contributed by atoms with Crippen molar-refractivity contribution >= 4 is 0 Å². The van der Waals surface area contributed by atoms with Gasteiger partial charge in [-0.15, -0.1) is 0 Å². The van der Waals surface area contributed by atoms with Crippen molar-refractivity contribution in [3.63, 3.8) is 0 Å². The monoisotopic (exact) mass is 287 g/mol. The lowest BCUT2D eigenvalue weighted by Gasteiger charge is -2.19. The predicted molar refractivity (Wildman–Crippen MR) is 84.5 cm³/mol. The summed E-state index contributed by atoms with van der Waals surface area (Å²) in [5, 5.41) is 3.13. The Hall–Kier alpha value is -1.87. The highest BCUT2D eigenvalue weighted by molar-refractivity contribution is 5.43. The van der Waals surface area contributed by atoms with Gasteiger partial charge >= 0.3 is 0 Å². The van der Waals surface area contributed by atoms with E-state index in [4.69, 9.17) is 4.74 Å². The third kappa shape index (κ3) is 3.61. The molecule has 0 heterocycles. The second-order valence-corrected chi connectivity index (χ2v) is 5.49. The van der Waals surface area contributed by atoms with Crippen molar-refractivity contribution in [1.82, 2.24) is 5.32 Å². The summed E-state index contributed by atoms with van der Waals surface area (Å²) in [7, 11) is 1.85. The molecule has 0 saturated carbocycles. The van der Waals surface area contributed by atoms with Gasteiger partial charge in [0.2, 0.25) is 0 Å². The second kappa shape index (κ2) is 6.72. The standard InChI is InChI=1S/C18H22FNO/c1-12(2)15-7-5-6-8-17(15)21-18-10-9-14(19)11-16(18)13(3)20-4/h5-13,20H,1-4H3. The Morgan fingerprint density at radius 1 is 0.952 bits per heavy atom. The molecule has 0 saturated heterocycles. The van der Waals surface area contributed by atoms with Crippen molar-refractivity contribution in [2.45, 2.75) is 32.7 Å². The molecule has 3 heteroatoms. The lowest BCUT2D eigenvalue weighted by molar-refractivity contribution is 0.455. The van der Waals surface area contributed by atoms with E-state index in [0.29, 0.717) is 11.7 Å². The van der Waals surface area contributed by atoms with Crippen LogP contribution in [0.4, 0.5) is 4.39 Å². The first-order valence-corrected chi connectivity index (χ1v) is 7.26. The predicted octanol–water partition coefficient (Wildman–Crippen LogP) is 5.02. The first-order valence-electron chi connectivity index (χ1n) is 7.26. The molecule has 2 aromatic carbocycles. The third-order valence-electron chi connectivity index (χ3n) is 3.63. The minimum atomic E-state index is -0.253. The van der Waals surface area contributed by atoms with Crippen LogP contribution < -0.4 is 10.1 Å². The fraction of sp³-hybridized carbons (Fsp3) is 0.333. The summed E-state index contributed by atoms with van der Waals surface area (Å²) < 4.78 is 19.6. The van der Waals surface area contributed by atoms with Crippen molar-refractivity contribution in [1.29, 1.82) is 0 Å². The molecular formula is C18H22FNO. The molecule has 2 aromatic rings. The van der Waals surface area contributed by atoms with Crippen LogP contribution in [0.5, 0.6) is 11.5 Å². The smallest absolute Gasteiger partial charge is 0.132 e. The summed E-state index contributed by atoms with van der Waals surface area (Å²) in [6.07, 6.45) is 0.